The van der Waals surface area contributed by atoms with E-state index in [0.717, 1.165) is 11.1 Å². The number of nitrogens with zero attached hydrogens (tertiary/aromatic N) is 1. The van der Waals surface area contributed by atoms with E-state index in [-0.39, 0.29) is 24.3 Å². The summed E-state index contributed by atoms with van der Waals surface area (Å²) in [5.74, 6) is 0.473. The number of nitrogens with one attached hydrogen (secondary N) is 1. The summed E-state index contributed by atoms with van der Waals surface area (Å²) >= 11 is 5.94. The standard InChI is InChI=1S/C22H27ClN2O3/c1-15(2)19-7-5-6-8-20(19)28-14-21(26)25(16(3)22(27)24-4)13-17-9-11-18(23)12-10-17/h5-12,15-16H,13-14H2,1-4H3,(H,24,27)/t16-/m0/s1. The predicted molar refractivity (Wildman–Crippen MR) is 112 cm³/mol. The van der Waals surface area contributed by atoms with Gasteiger partial charge < -0.3 is 15.0 Å². The van der Waals surface area contributed by atoms with Crippen molar-refractivity contribution < 1.29 is 14.3 Å². The summed E-state index contributed by atoms with van der Waals surface area (Å²) in [6.45, 7) is 6.00. The monoisotopic (exact) mass is 402 g/mol. The van der Waals surface area contributed by atoms with Gasteiger partial charge in [0.15, 0.2) is 6.61 Å². The van der Waals surface area contributed by atoms with Crippen molar-refractivity contribution in [1.82, 2.24) is 10.2 Å². The zero-order valence-corrected chi connectivity index (χ0v) is 17.5. The van der Waals surface area contributed by atoms with Crippen molar-refractivity contribution in [2.24, 2.45) is 0 Å². The highest BCUT2D eigenvalue weighted by molar-refractivity contribution is 6.30. The van der Waals surface area contributed by atoms with Gasteiger partial charge in [0.05, 0.1) is 0 Å². The number of carbonyl (C=O) groups excluding carboxylic acids is 2. The van der Waals surface area contributed by atoms with Crippen LogP contribution in [0.2, 0.25) is 5.02 Å². The van der Waals surface area contributed by atoms with Crippen molar-refractivity contribution in [2.45, 2.75) is 39.3 Å². The van der Waals surface area contributed by atoms with E-state index in [1.165, 1.54) is 4.90 Å². The minimum atomic E-state index is -0.628. The Kier molecular flexibility index (Phi) is 7.88. The van der Waals surface area contributed by atoms with Crippen molar-refractivity contribution in [3.63, 3.8) is 0 Å². The first-order valence-electron chi connectivity index (χ1n) is 9.30. The third-order valence-electron chi connectivity index (χ3n) is 4.57. The number of hydrogen-bond donors (Lipinski definition) is 1. The number of amides is 2. The Morgan fingerprint density at radius 1 is 1.07 bits per heavy atom. The Morgan fingerprint density at radius 3 is 2.32 bits per heavy atom. The molecule has 2 rings (SSSR count). The number of likely N-dealkylation sites (N-methyl/N-ethyl adjacent to an activating group) is 1. The molecule has 0 bridgehead atoms. The lowest BCUT2D eigenvalue weighted by Gasteiger charge is -2.28. The van der Waals surface area contributed by atoms with E-state index < -0.39 is 6.04 Å². The van der Waals surface area contributed by atoms with Crippen LogP contribution in [-0.2, 0) is 16.1 Å². The number of ether oxygens (including phenoxy) is 1. The molecule has 28 heavy (non-hydrogen) atoms. The summed E-state index contributed by atoms with van der Waals surface area (Å²) < 4.78 is 5.82. The van der Waals surface area contributed by atoms with Gasteiger partial charge in [-0.05, 0) is 42.2 Å². The lowest BCUT2D eigenvalue weighted by Crippen LogP contribution is -2.48. The third kappa shape index (κ3) is 5.73. The summed E-state index contributed by atoms with van der Waals surface area (Å²) in [5.41, 5.74) is 1.93. The van der Waals surface area contributed by atoms with Gasteiger partial charge in [0, 0.05) is 18.6 Å². The van der Waals surface area contributed by atoms with Crippen LogP contribution < -0.4 is 10.1 Å². The van der Waals surface area contributed by atoms with Gasteiger partial charge in [-0.15, -0.1) is 0 Å². The predicted octanol–water partition coefficient (Wildman–Crippen LogP) is 4.01. The Labute approximate surface area is 171 Å². The second kappa shape index (κ2) is 10.1. The van der Waals surface area contributed by atoms with E-state index in [0.29, 0.717) is 17.3 Å². The maximum Gasteiger partial charge on any atom is 0.261 e. The zero-order chi connectivity index (χ0) is 20.7. The summed E-state index contributed by atoms with van der Waals surface area (Å²) in [7, 11) is 1.55. The van der Waals surface area contributed by atoms with Crippen LogP contribution in [-0.4, -0.2) is 36.4 Å². The van der Waals surface area contributed by atoms with E-state index in [9.17, 15) is 9.59 Å². The Hall–Kier alpha value is -2.53. The number of para-hydroxylation sites is 1. The van der Waals surface area contributed by atoms with Gasteiger partial charge in [-0.25, -0.2) is 0 Å². The van der Waals surface area contributed by atoms with Crippen LogP contribution in [0.25, 0.3) is 0 Å². The van der Waals surface area contributed by atoms with Crippen molar-refractivity contribution in [3.05, 3.63) is 64.7 Å². The van der Waals surface area contributed by atoms with Crippen LogP contribution in [0.5, 0.6) is 5.75 Å². The highest BCUT2D eigenvalue weighted by Crippen LogP contribution is 2.26. The second-order valence-corrected chi connectivity index (χ2v) is 7.36. The Bertz CT molecular complexity index is 806. The molecule has 0 heterocycles. The van der Waals surface area contributed by atoms with Gasteiger partial charge in [-0.3, -0.25) is 9.59 Å². The largest absolute Gasteiger partial charge is 0.483 e. The maximum atomic E-state index is 12.9. The van der Waals surface area contributed by atoms with E-state index in [4.69, 9.17) is 16.3 Å². The zero-order valence-electron chi connectivity index (χ0n) is 16.7. The van der Waals surface area contributed by atoms with E-state index in [1.807, 2.05) is 36.4 Å². The van der Waals surface area contributed by atoms with Gasteiger partial charge in [0.25, 0.3) is 5.91 Å². The minimum Gasteiger partial charge on any atom is -0.483 e. The SMILES string of the molecule is CNC(=O)[C@H](C)N(Cc1ccc(Cl)cc1)C(=O)COc1ccccc1C(C)C. The first kappa shape index (κ1) is 21.8. The van der Waals surface area contributed by atoms with Crippen molar-refractivity contribution in [1.29, 1.82) is 0 Å². The molecule has 0 aliphatic heterocycles. The van der Waals surface area contributed by atoms with Gasteiger partial charge >= 0.3 is 0 Å². The fourth-order valence-electron chi connectivity index (χ4n) is 2.89. The molecule has 1 atom stereocenters. The fourth-order valence-corrected chi connectivity index (χ4v) is 3.02. The maximum absolute atomic E-state index is 12.9. The third-order valence-corrected chi connectivity index (χ3v) is 4.82. The quantitative estimate of drug-likeness (QED) is 0.725. The van der Waals surface area contributed by atoms with Gasteiger partial charge in [-0.2, -0.15) is 0 Å². The highest BCUT2D eigenvalue weighted by Gasteiger charge is 2.26. The first-order chi connectivity index (χ1) is 13.3. The van der Waals surface area contributed by atoms with Gasteiger partial charge in [0.2, 0.25) is 5.91 Å². The van der Waals surface area contributed by atoms with Gasteiger partial charge in [0.1, 0.15) is 11.8 Å². The molecule has 0 saturated carbocycles. The molecular formula is C22H27ClN2O3. The van der Waals surface area contributed by atoms with E-state index in [2.05, 4.69) is 19.2 Å². The molecule has 5 nitrogen and oxygen atoms in total. The van der Waals surface area contributed by atoms with E-state index in [1.54, 1.807) is 26.1 Å². The molecule has 0 spiro atoms. The smallest absolute Gasteiger partial charge is 0.261 e. The number of rotatable bonds is 8. The first-order valence-corrected chi connectivity index (χ1v) is 9.68. The van der Waals surface area contributed by atoms with Crippen molar-refractivity contribution >= 4 is 23.4 Å². The number of benzene rings is 2. The number of hydrogen-bond acceptors (Lipinski definition) is 3. The highest BCUT2D eigenvalue weighted by atomic mass is 35.5. The summed E-state index contributed by atoms with van der Waals surface area (Å²) in [6, 6.07) is 14.3. The normalized spacial score (nSPS) is 11.8. The average Bonchev–Trinajstić information content (AvgIpc) is 2.70. The fraction of sp³-hybridized carbons (Fsp3) is 0.364. The molecular weight excluding hydrogens is 376 g/mol. The summed E-state index contributed by atoms with van der Waals surface area (Å²) in [6.07, 6.45) is 0. The minimum absolute atomic E-state index is 0.140. The molecule has 1 N–H and O–H groups in total. The van der Waals surface area contributed by atoms with Crippen LogP contribution in [0.3, 0.4) is 0 Å². The molecule has 0 radical (unpaired) electrons. The molecule has 2 amide bonds. The summed E-state index contributed by atoms with van der Waals surface area (Å²) in [5, 5.41) is 3.22. The molecule has 0 saturated heterocycles. The van der Waals surface area contributed by atoms with Crippen LogP contribution >= 0.6 is 11.6 Å². The number of halogens is 1. The topological polar surface area (TPSA) is 58.6 Å². The van der Waals surface area contributed by atoms with Crippen LogP contribution in [0.1, 0.15) is 37.8 Å². The molecule has 0 aliphatic rings. The molecule has 2 aromatic rings. The van der Waals surface area contributed by atoms with Crippen molar-refractivity contribution in [2.75, 3.05) is 13.7 Å². The summed E-state index contributed by atoms with van der Waals surface area (Å²) in [4.78, 5) is 26.6. The second-order valence-electron chi connectivity index (χ2n) is 6.92. The molecule has 0 unspecified atom stereocenters. The van der Waals surface area contributed by atoms with Crippen LogP contribution in [0, 0.1) is 0 Å². The lowest BCUT2D eigenvalue weighted by atomic mass is 10.0. The van der Waals surface area contributed by atoms with Crippen LogP contribution in [0.15, 0.2) is 48.5 Å². The Morgan fingerprint density at radius 2 is 1.71 bits per heavy atom. The van der Waals surface area contributed by atoms with Crippen LogP contribution in [0.4, 0.5) is 0 Å². The molecule has 0 aromatic heterocycles. The Balaban J connectivity index is 2.16. The molecule has 0 aliphatic carbocycles. The molecule has 2 aromatic carbocycles. The van der Waals surface area contributed by atoms with Crippen molar-refractivity contribution in [3.8, 4) is 5.75 Å². The van der Waals surface area contributed by atoms with Gasteiger partial charge in [-0.1, -0.05) is 55.8 Å². The average molecular weight is 403 g/mol. The molecule has 6 heteroatoms. The lowest BCUT2D eigenvalue weighted by molar-refractivity contribution is -0.142. The molecule has 0 fully saturated rings. The number of carbonyl (C=O) groups is 2. The van der Waals surface area contributed by atoms with E-state index >= 15 is 0 Å². The molecule has 150 valence electrons.